The van der Waals surface area contributed by atoms with Crippen molar-refractivity contribution in [3.63, 3.8) is 0 Å². The second-order valence-corrected chi connectivity index (χ2v) is 3.90. The van der Waals surface area contributed by atoms with Crippen molar-refractivity contribution in [3.8, 4) is 0 Å². The van der Waals surface area contributed by atoms with E-state index in [-0.39, 0.29) is 30.5 Å². The van der Waals surface area contributed by atoms with Crippen LogP contribution in [-0.2, 0) is 0 Å². The molecule has 0 saturated carbocycles. The number of nitrogens with two attached hydrogens (primary N) is 1. The Morgan fingerprint density at radius 1 is 1.30 bits per heavy atom. The number of benzene rings is 1. The van der Waals surface area contributed by atoms with Gasteiger partial charge in [-0.05, 0) is 12.1 Å². The fraction of sp³-hybridized carbons (Fsp3) is 0.167. The summed E-state index contributed by atoms with van der Waals surface area (Å²) in [4.78, 5) is 19.6. The molecule has 0 aliphatic carbocycles. The average Bonchev–Trinajstić information content (AvgIpc) is 2.45. The van der Waals surface area contributed by atoms with Crippen molar-refractivity contribution in [2.24, 2.45) is 0 Å². The number of para-hydroxylation sites is 1. The lowest BCUT2D eigenvalue weighted by atomic mass is 10.2. The first kappa shape index (κ1) is 13.7. The maximum atomic E-state index is 11.1. The number of nitrogen functional groups attached to an aromatic ring is 1. The summed E-state index contributed by atoms with van der Waals surface area (Å²) in [5.74, 6) is -0.151. The quantitative estimate of drug-likeness (QED) is 0.619. The van der Waals surface area contributed by atoms with Gasteiger partial charge in [0.2, 0.25) is 11.6 Å². The first-order valence-electron chi connectivity index (χ1n) is 5.83. The third-order valence-corrected chi connectivity index (χ3v) is 2.66. The van der Waals surface area contributed by atoms with Crippen LogP contribution in [0, 0.1) is 10.1 Å². The van der Waals surface area contributed by atoms with Gasteiger partial charge in [-0.3, -0.25) is 10.1 Å². The average molecular weight is 275 g/mol. The van der Waals surface area contributed by atoms with Crippen LogP contribution in [0.3, 0.4) is 0 Å². The topological polar surface area (TPSA) is 118 Å². The molecular weight excluding hydrogens is 262 g/mol. The molecule has 1 aromatic heterocycles. The van der Waals surface area contributed by atoms with Gasteiger partial charge >= 0.3 is 5.69 Å². The Hall–Kier alpha value is -2.74. The van der Waals surface area contributed by atoms with Crippen molar-refractivity contribution in [1.82, 2.24) is 9.97 Å². The van der Waals surface area contributed by atoms with E-state index in [1.807, 2.05) is 6.07 Å². The SMILES string of the molecule is Nc1ncnc(N(CCO)c2ccccc2)c1[N+](=O)[O-]. The van der Waals surface area contributed by atoms with E-state index in [2.05, 4.69) is 9.97 Å². The van der Waals surface area contributed by atoms with Crippen LogP contribution in [0.5, 0.6) is 0 Å². The van der Waals surface area contributed by atoms with Gasteiger partial charge in [-0.2, -0.15) is 0 Å². The van der Waals surface area contributed by atoms with Crippen LogP contribution in [0.1, 0.15) is 0 Å². The highest BCUT2D eigenvalue weighted by molar-refractivity contribution is 5.74. The third kappa shape index (κ3) is 2.64. The fourth-order valence-corrected chi connectivity index (χ4v) is 1.82. The molecule has 0 radical (unpaired) electrons. The van der Waals surface area contributed by atoms with Gasteiger partial charge in [-0.15, -0.1) is 0 Å². The molecule has 0 aliphatic heterocycles. The molecule has 2 rings (SSSR count). The number of rotatable bonds is 5. The molecule has 3 N–H and O–H groups in total. The zero-order valence-corrected chi connectivity index (χ0v) is 10.5. The third-order valence-electron chi connectivity index (χ3n) is 2.66. The van der Waals surface area contributed by atoms with E-state index in [9.17, 15) is 15.2 Å². The Labute approximate surface area is 114 Å². The zero-order chi connectivity index (χ0) is 14.5. The summed E-state index contributed by atoms with van der Waals surface area (Å²) in [6.07, 6.45) is 1.16. The van der Waals surface area contributed by atoms with E-state index in [1.165, 1.54) is 4.90 Å². The predicted octanol–water partition coefficient (Wildman–Crippen LogP) is 1.10. The summed E-state index contributed by atoms with van der Waals surface area (Å²) >= 11 is 0. The number of hydrogen-bond acceptors (Lipinski definition) is 7. The van der Waals surface area contributed by atoms with Gasteiger partial charge in [0.1, 0.15) is 6.33 Å². The lowest BCUT2D eigenvalue weighted by Crippen LogP contribution is -2.23. The first-order chi connectivity index (χ1) is 9.65. The van der Waals surface area contributed by atoms with Crippen LogP contribution >= 0.6 is 0 Å². The highest BCUT2D eigenvalue weighted by atomic mass is 16.6. The number of nitrogens with zero attached hydrogens (tertiary/aromatic N) is 4. The van der Waals surface area contributed by atoms with Gasteiger partial charge in [0.05, 0.1) is 11.5 Å². The lowest BCUT2D eigenvalue weighted by Gasteiger charge is -2.22. The molecule has 20 heavy (non-hydrogen) atoms. The molecule has 0 aliphatic rings. The fourth-order valence-electron chi connectivity index (χ4n) is 1.82. The molecule has 0 amide bonds. The van der Waals surface area contributed by atoms with Crippen molar-refractivity contribution in [2.75, 3.05) is 23.8 Å². The standard InChI is InChI=1S/C12H13N5O3/c13-11-10(17(19)20)12(15-8-14-11)16(6-7-18)9-4-2-1-3-5-9/h1-5,8,18H,6-7H2,(H2,13,14,15). The van der Waals surface area contributed by atoms with Gasteiger partial charge in [0.15, 0.2) is 0 Å². The number of aromatic nitrogens is 2. The summed E-state index contributed by atoms with van der Waals surface area (Å²) in [7, 11) is 0. The van der Waals surface area contributed by atoms with E-state index < -0.39 is 4.92 Å². The summed E-state index contributed by atoms with van der Waals surface area (Å²) in [6.45, 7) is -0.0305. The molecule has 1 aromatic carbocycles. The Kier molecular flexibility index (Phi) is 4.06. The largest absolute Gasteiger partial charge is 0.395 e. The maximum Gasteiger partial charge on any atom is 0.353 e. The number of aliphatic hydroxyl groups excluding tert-OH is 1. The van der Waals surface area contributed by atoms with Crippen molar-refractivity contribution < 1.29 is 10.0 Å². The van der Waals surface area contributed by atoms with Crippen molar-refractivity contribution in [2.45, 2.75) is 0 Å². The normalized spacial score (nSPS) is 10.2. The number of hydrogen-bond donors (Lipinski definition) is 2. The second-order valence-electron chi connectivity index (χ2n) is 3.90. The Morgan fingerprint density at radius 3 is 2.60 bits per heavy atom. The molecular formula is C12H13N5O3. The molecule has 104 valence electrons. The predicted molar refractivity (Wildman–Crippen MR) is 73.6 cm³/mol. The molecule has 2 aromatic rings. The van der Waals surface area contributed by atoms with Crippen molar-refractivity contribution in [3.05, 3.63) is 46.8 Å². The molecule has 1 heterocycles. The number of nitro groups is 1. The second kappa shape index (κ2) is 5.93. The van der Waals surface area contributed by atoms with Gasteiger partial charge in [0.25, 0.3) is 0 Å². The van der Waals surface area contributed by atoms with Gasteiger partial charge in [0, 0.05) is 12.2 Å². The van der Waals surface area contributed by atoms with Gasteiger partial charge < -0.3 is 15.7 Å². The minimum absolute atomic E-state index is 0.0581. The van der Waals surface area contributed by atoms with E-state index in [1.54, 1.807) is 24.3 Å². The van der Waals surface area contributed by atoms with Crippen molar-refractivity contribution >= 4 is 23.0 Å². The van der Waals surface area contributed by atoms with Crippen molar-refractivity contribution in [1.29, 1.82) is 0 Å². The molecule has 8 heteroatoms. The molecule has 0 unspecified atom stereocenters. The highest BCUT2D eigenvalue weighted by Crippen LogP contribution is 2.33. The Bertz CT molecular complexity index is 605. The monoisotopic (exact) mass is 275 g/mol. The Balaban J connectivity index is 2.56. The summed E-state index contributed by atoms with van der Waals surface area (Å²) < 4.78 is 0. The molecule has 8 nitrogen and oxygen atoms in total. The van der Waals surface area contributed by atoms with Gasteiger partial charge in [-0.25, -0.2) is 9.97 Å². The highest BCUT2D eigenvalue weighted by Gasteiger charge is 2.26. The Morgan fingerprint density at radius 2 is 2.00 bits per heavy atom. The van der Waals surface area contributed by atoms with E-state index in [0.717, 1.165) is 6.33 Å². The zero-order valence-electron chi connectivity index (χ0n) is 10.5. The van der Waals surface area contributed by atoms with Crippen LogP contribution in [0.25, 0.3) is 0 Å². The molecule has 0 fully saturated rings. The molecule has 0 atom stereocenters. The van der Waals surface area contributed by atoms with Crippen LogP contribution in [0.15, 0.2) is 36.7 Å². The van der Waals surface area contributed by atoms with Crippen LogP contribution in [0.2, 0.25) is 0 Å². The van der Waals surface area contributed by atoms with Crippen LogP contribution in [0.4, 0.5) is 23.0 Å². The summed E-state index contributed by atoms with van der Waals surface area (Å²) in [5.41, 5.74) is 5.85. The van der Waals surface area contributed by atoms with Crippen LogP contribution < -0.4 is 10.6 Å². The maximum absolute atomic E-state index is 11.1. The summed E-state index contributed by atoms with van der Waals surface area (Å²) in [6, 6.07) is 8.92. The van der Waals surface area contributed by atoms with E-state index in [4.69, 9.17) is 5.73 Å². The smallest absolute Gasteiger partial charge is 0.353 e. The molecule has 0 saturated heterocycles. The van der Waals surface area contributed by atoms with Crippen LogP contribution in [-0.4, -0.2) is 33.1 Å². The van der Waals surface area contributed by atoms with E-state index in [0.29, 0.717) is 5.69 Å². The summed E-state index contributed by atoms with van der Waals surface area (Å²) in [5, 5.41) is 20.3. The molecule has 0 bridgehead atoms. The lowest BCUT2D eigenvalue weighted by molar-refractivity contribution is -0.383. The van der Waals surface area contributed by atoms with Gasteiger partial charge in [-0.1, -0.05) is 18.2 Å². The first-order valence-corrected chi connectivity index (χ1v) is 5.83. The molecule has 0 spiro atoms. The number of aliphatic hydroxyl groups is 1. The van der Waals surface area contributed by atoms with E-state index >= 15 is 0 Å². The minimum Gasteiger partial charge on any atom is -0.395 e. The minimum atomic E-state index is -0.627. The number of anilines is 3.